The monoisotopic (exact) mass is 560 g/mol. The van der Waals surface area contributed by atoms with E-state index < -0.39 is 57.5 Å². The summed E-state index contributed by atoms with van der Waals surface area (Å²) in [6.07, 6.45) is -1.37. The summed E-state index contributed by atoms with van der Waals surface area (Å²) in [4.78, 5) is 75.2. The molecule has 1 aliphatic heterocycles. The molecule has 0 saturated carbocycles. The third-order valence-corrected chi connectivity index (χ3v) is 6.37. The Balaban J connectivity index is 2.42. The molecule has 16 heteroatoms. The van der Waals surface area contributed by atoms with Crippen molar-refractivity contribution in [2.45, 2.75) is 23.8 Å². The van der Waals surface area contributed by atoms with Crippen molar-refractivity contribution in [3.05, 3.63) is 79.9 Å². The summed E-state index contributed by atoms with van der Waals surface area (Å²) < 4.78 is 19.6. The first kappa shape index (κ1) is 29.6. The highest BCUT2D eigenvalue weighted by Gasteiger charge is 2.67. The zero-order valence-electron chi connectivity index (χ0n) is 21.6. The van der Waals surface area contributed by atoms with Crippen LogP contribution in [0.25, 0.3) is 0 Å². The number of nitrogens with one attached hydrogen (secondary N) is 1. The Morgan fingerprint density at radius 2 is 1.15 bits per heavy atom. The van der Waals surface area contributed by atoms with Crippen LogP contribution in [0.4, 0.5) is 11.4 Å². The van der Waals surface area contributed by atoms with Gasteiger partial charge in [-0.05, 0) is 23.3 Å². The molecule has 1 saturated heterocycles. The molecular weight excluding hydrogens is 536 g/mol. The third-order valence-electron chi connectivity index (χ3n) is 6.37. The van der Waals surface area contributed by atoms with Crippen molar-refractivity contribution >= 4 is 35.3 Å². The van der Waals surface area contributed by atoms with Crippen molar-refractivity contribution in [2.75, 3.05) is 28.4 Å². The maximum absolute atomic E-state index is 13.4. The number of esters is 4. The van der Waals surface area contributed by atoms with E-state index in [0.717, 1.165) is 57.6 Å². The highest BCUT2D eigenvalue weighted by atomic mass is 16.6. The molecule has 1 heterocycles. The van der Waals surface area contributed by atoms with Crippen molar-refractivity contribution in [1.29, 1.82) is 0 Å². The molecule has 0 aliphatic carbocycles. The SMILES string of the molecule is COC(=O)C(C(=O)OC)N1[C@H](c2ccc([N+](=O)[O-])cc2)NC(C(=O)OC)(C(=O)OC)[C@H]1c1ccc([N+](=O)[O-])cc1. The van der Waals surface area contributed by atoms with Crippen molar-refractivity contribution in [1.82, 2.24) is 10.2 Å². The van der Waals surface area contributed by atoms with E-state index in [0.29, 0.717) is 0 Å². The van der Waals surface area contributed by atoms with E-state index in [9.17, 15) is 39.4 Å². The standard InChI is InChI=1S/C24H24N4O12/c1-37-20(29)17(21(30)38-2)26-18(13-5-9-15(10-6-13)27(33)34)24(22(31)39-3,23(32)40-4)25-19(26)14-7-11-16(12-8-14)28(35)36/h5-12,17-19,25H,1-4H3/t18-,19-/m1/s1. The second kappa shape index (κ2) is 11.8. The summed E-state index contributed by atoms with van der Waals surface area (Å²) in [5, 5.41) is 25.3. The Bertz CT molecular complexity index is 1300. The maximum Gasteiger partial charge on any atom is 0.339 e. The molecule has 0 bridgehead atoms. The molecule has 0 spiro atoms. The minimum absolute atomic E-state index is 0.0520. The number of ether oxygens (including phenoxy) is 4. The number of benzene rings is 2. The van der Waals surface area contributed by atoms with Crippen LogP contribution in [0.2, 0.25) is 0 Å². The minimum Gasteiger partial charge on any atom is -0.467 e. The number of rotatable bonds is 9. The largest absolute Gasteiger partial charge is 0.467 e. The van der Waals surface area contributed by atoms with E-state index in [2.05, 4.69) is 5.32 Å². The van der Waals surface area contributed by atoms with Gasteiger partial charge in [0.05, 0.1) is 50.5 Å². The first-order valence-electron chi connectivity index (χ1n) is 11.3. The van der Waals surface area contributed by atoms with Gasteiger partial charge in [0.15, 0.2) is 0 Å². The van der Waals surface area contributed by atoms with E-state index >= 15 is 0 Å². The average molecular weight is 560 g/mol. The van der Waals surface area contributed by atoms with E-state index in [1.165, 1.54) is 24.3 Å². The number of carbonyl (C=O) groups excluding carboxylic acids is 4. The molecule has 0 unspecified atom stereocenters. The number of nitrogens with zero attached hydrogens (tertiary/aromatic N) is 3. The number of methoxy groups -OCH3 is 4. The summed E-state index contributed by atoms with van der Waals surface area (Å²) in [5.41, 5.74) is -2.86. The van der Waals surface area contributed by atoms with Crippen molar-refractivity contribution in [2.24, 2.45) is 0 Å². The molecule has 212 valence electrons. The van der Waals surface area contributed by atoms with Gasteiger partial charge >= 0.3 is 23.9 Å². The lowest BCUT2D eigenvalue weighted by molar-refractivity contribution is -0.385. The van der Waals surface area contributed by atoms with Gasteiger partial charge in [0.25, 0.3) is 11.4 Å². The van der Waals surface area contributed by atoms with Gasteiger partial charge in [0.1, 0.15) is 0 Å². The lowest BCUT2D eigenvalue weighted by atomic mass is 9.85. The number of nitro benzene ring substituents is 2. The Morgan fingerprint density at radius 3 is 1.50 bits per heavy atom. The first-order valence-corrected chi connectivity index (χ1v) is 11.3. The molecule has 0 radical (unpaired) electrons. The van der Waals surface area contributed by atoms with Crippen LogP contribution in [0.3, 0.4) is 0 Å². The number of hydrogen-bond acceptors (Lipinski definition) is 14. The predicted octanol–water partition coefficient (Wildman–Crippen LogP) is 0.948. The topological polar surface area (TPSA) is 207 Å². The van der Waals surface area contributed by atoms with Crippen LogP contribution in [-0.4, -0.2) is 78.6 Å². The molecule has 3 rings (SSSR count). The third kappa shape index (κ3) is 5.04. The van der Waals surface area contributed by atoms with Gasteiger partial charge in [-0.2, -0.15) is 0 Å². The molecule has 1 aliphatic rings. The second-order valence-corrected chi connectivity index (χ2v) is 8.33. The molecule has 2 atom stereocenters. The van der Waals surface area contributed by atoms with Gasteiger partial charge in [-0.15, -0.1) is 0 Å². The fourth-order valence-electron chi connectivity index (χ4n) is 4.58. The average Bonchev–Trinajstić information content (AvgIpc) is 3.32. The summed E-state index contributed by atoms with van der Waals surface area (Å²) in [5.74, 6) is -4.66. The first-order chi connectivity index (χ1) is 19.0. The number of hydrogen-bond donors (Lipinski definition) is 1. The van der Waals surface area contributed by atoms with Crippen molar-refractivity contribution in [3.63, 3.8) is 0 Å². The van der Waals surface area contributed by atoms with E-state index in [4.69, 9.17) is 18.9 Å². The Morgan fingerprint density at radius 1 is 0.750 bits per heavy atom. The second-order valence-electron chi connectivity index (χ2n) is 8.33. The highest BCUT2D eigenvalue weighted by Crippen LogP contribution is 2.48. The van der Waals surface area contributed by atoms with Gasteiger partial charge in [0.2, 0.25) is 11.6 Å². The van der Waals surface area contributed by atoms with Crippen LogP contribution >= 0.6 is 0 Å². The Hall–Kier alpha value is -4.96. The Labute approximate surface area is 226 Å². The number of carbonyl (C=O) groups is 4. The molecule has 2 aromatic carbocycles. The highest BCUT2D eigenvalue weighted by molar-refractivity contribution is 6.07. The van der Waals surface area contributed by atoms with Crippen molar-refractivity contribution in [3.8, 4) is 0 Å². The Kier molecular flexibility index (Phi) is 8.75. The number of nitro groups is 2. The van der Waals surface area contributed by atoms with Crippen LogP contribution in [0, 0.1) is 20.2 Å². The summed E-state index contributed by atoms with van der Waals surface area (Å²) in [6.45, 7) is 0. The van der Waals surface area contributed by atoms with Crippen LogP contribution in [0.5, 0.6) is 0 Å². The van der Waals surface area contributed by atoms with Gasteiger partial charge in [-0.3, -0.25) is 30.4 Å². The molecule has 40 heavy (non-hydrogen) atoms. The van der Waals surface area contributed by atoms with Gasteiger partial charge in [-0.25, -0.2) is 19.2 Å². The fraction of sp³-hybridized carbons (Fsp3) is 0.333. The van der Waals surface area contributed by atoms with E-state index in [-0.39, 0.29) is 22.5 Å². The minimum atomic E-state index is -2.47. The summed E-state index contributed by atoms with van der Waals surface area (Å²) in [6, 6.07) is 5.96. The zero-order chi connectivity index (χ0) is 29.8. The van der Waals surface area contributed by atoms with Crippen LogP contribution in [0.1, 0.15) is 23.3 Å². The quantitative estimate of drug-likeness (QED) is 0.149. The molecular formula is C24H24N4O12. The smallest absolute Gasteiger partial charge is 0.339 e. The van der Waals surface area contributed by atoms with Crippen LogP contribution in [-0.2, 0) is 38.1 Å². The predicted molar refractivity (Wildman–Crippen MR) is 131 cm³/mol. The molecule has 2 aromatic rings. The molecule has 0 aromatic heterocycles. The van der Waals surface area contributed by atoms with Crippen molar-refractivity contribution < 1.29 is 48.0 Å². The maximum atomic E-state index is 13.4. The summed E-state index contributed by atoms with van der Waals surface area (Å²) in [7, 11) is 3.97. The van der Waals surface area contributed by atoms with Gasteiger partial charge in [0, 0.05) is 24.3 Å². The molecule has 0 amide bonds. The fourth-order valence-corrected chi connectivity index (χ4v) is 4.58. The molecule has 1 N–H and O–H groups in total. The van der Waals surface area contributed by atoms with Crippen LogP contribution < -0.4 is 5.32 Å². The number of non-ortho nitro benzene ring substituents is 2. The van der Waals surface area contributed by atoms with Gasteiger partial charge < -0.3 is 18.9 Å². The van der Waals surface area contributed by atoms with Crippen LogP contribution in [0.15, 0.2) is 48.5 Å². The normalized spacial score (nSPS) is 18.0. The zero-order valence-corrected chi connectivity index (χ0v) is 21.6. The lowest BCUT2D eigenvalue weighted by Crippen LogP contribution is -2.60. The van der Waals surface area contributed by atoms with E-state index in [1.54, 1.807) is 0 Å². The molecule has 1 fully saturated rings. The lowest BCUT2D eigenvalue weighted by Gasteiger charge is -2.36. The van der Waals surface area contributed by atoms with Gasteiger partial charge in [-0.1, -0.05) is 12.1 Å². The van der Waals surface area contributed by atoms with E-state index in [1.807, 2.05) is 0 Å². The summed E-state index contributed by atoms with van der Waals surface area (Å²) >= 11 is 0. The molecule has 16 nitrogen and oxygen atoms in total.